The summed E-state index contributed by atoms with van der Waals surface area (Å²) in [6, 6.07) is 6.06. The Hall–Kier alpha value is -3.20. The molecular weight excluding hydrogens is 495 g/mol. The molecule has 2 aromatic rings. The minimum atomic E-state index is -0.481. The van der Waals surface area contributed by atoms with Crippen LogP contribution in [0, 0.1) is 11.7 Å². The number of carbonyl (C=O) groups is 1. The van der Waals surface area contributed by atoms with Crippen molar-refractivity contribution >= 4 is 35.1 Å². The van der Waals surface area contributed by atoms with Gasteiger partial charge in [-0.15, -0.1) is 0 Å². The number of amides is 1. The molecule has 1 aliphatic carbocycles. The summed E-state index contributed by atoms with van der Waals surface area (Å²) in [4.78, 5) is 35.8. The quantitative estimate of drug-likeness (QED) is 0.462. The molecule has 37 heavy (non-hydrogen) atoms. The van der Waals surface area contributed by atoms with Crippen molar-refractivity contribution in [1.29, 1.82) is 0 Å². The average molecular weight is 529 g/mol. The highest BCUT2D eigenvalue weighted by molar-refractivity contribution is 6.30. The van der Waals surface area contributed by atoms with Crippen LogP contribution in [0.5, 0.6) is 0 Å². The molecule has 0 unspecified atom stereocenters. The van der Waals surface area contributed by atoms with Crippen molar-refractivity contribution in [3.05, 3.63) is 62.9 Å². The molecular formula is C27H34ClFN6O2. The lowest BCUT2D eigenvalue weighted by Crippen LogP contribution is -2.49. The smallest absolute Gasteiger partial charge is 0.269 e. The van der Waals surface area contributed by atoms with Gasteiger partial charge in [-0.1, -0.05) is 24.9 Å². The number of carbonyl (C=O) groups excluding carboxylic acids is 1. The molecule has 1 saturated carbocycles. The first kappa shape index (κ1) is 26.9. The fourth-order valence-electron chi connectivity index (χ4n) is 4.33. The lowest BCUT2D eigenvalue weighted by molar-refractivity contribution is -0.132. The molecule has 4 rings (SSSR count). The van der Waals surface area contributed by atoms with Crippen LogP contribution in [0.4, 0.5) is 10.1 Å². The second-order valence-electron chi connectivity index (χ2n) is 9.71. The molecule has 10 heteroatoms. The topological polar surface area (TPSA) is 74.0 Å². The van der Waals surface area contributed by atoms with Gasteiger partial charge in [0, 0.05) is 69.1 Å². The number of allylic oxidation sites excluding steroid dienone is 1. The maximum atomic E-state index is 14.9. The first-order chi connectivity index (χ1) is 17.8. The Balaban J connectivity index is 1.58. The van der Waals surface area contributed by atoms with Gasteiger partial charge in [0.15, 0.2) is 0 Å². The number of nitrogens with zero attached hydrogens (tertiary/aromatic N) is 6. The van der Waals surface area contributed by atoms with Crippen molar-refractivity contribution in [1.82, 2.24) is 19.6 Å². The van der Waals surface area contributed by atoms with E-state index in [9.17, 15) is 14.0 Å². The van der Waals surface area contributed by atoms with Gasteiger partial charge < -0.3 is 14.7 Å². The zero-order chi connectivity index (χ0) is 26.5. The molecule has 198 valence electrons. The zero-order valence-corrected chi connectivity index (χ0v) is 22.4. The van der Waals surface area contributed by atoms with E-state index in [0.717, 1.165) is 31.4 Å². The van der Waals surface area contributed by atoms with Gasteiger partial charge in [0.2, 0.25) is 5.91 Å². The molecule has 1 aliphatic heterocycles. The molecule has 1 aromatic heterocycles. The second kappa shape index (κ2) is 11.9. The van der Waals surface area contributed by atoms with E-state index in [4.69, 9.17) is 11.6 Å². The number of hydrogen-bond acceptors (Lipinski definition) is 6. The fraction of sp³-hybridized carbons (Fsp3) is 0.481. The Morgan fingerprint density at radius 1 is 1.22 bits per heavy atom. The third-order valence-corrected chi connectivity index (χ3v) is 6.91. The largest absolute Gasteiger partial charge is 0.378 e. The summed E-state index contributed by atoms with van der Waals surface area (Å²) in [5.41, 5.74) is 1.86. The SMILES string of the molecule is CCCC=N/C(=C(/Cn1ncc(N2CCN(C(=O)C3CC3)CC2)cc1=O)N(C)C)c1ccc(Cl)cc1F. The number of unbranched alkanes of at least 4 members (excludes halogenated alkanes) is 1. The number of benzene rings is 1. The normalized spacial score (nSPS) is 16.8. The van der Waals surface area contributed by atoms with Gasteiger partial charge in [-0.05, 0) is 37.5 Å². The highest BCUT2D eigenvalue weighted by Gasteiger charge is 2.34. The third kappa shape index (κ3) is 6.57. The Bertz CT molecular complexity index is 1250. The number of hydrogen-bond donors (Lipinski definition) is 0. The van der Waals surface area contributed by atoms with Crippen molar-refractivity contribution < 1.29 is 9.18 Å². The lowest BCUT2D eigenvalue weighted by Gasteiger charge is -2.36. The summed E-state index contributed by atoms with van der Waals surface area (Å²) < 4.78 is 16.3. The van der Waals surface area contributed by atoms with E-state index in [1.54, 1.807) is 30.6 Å². The lowest BCUT2D eigenvalue weighted by atomic mass is 10.1. The Morgan fingerprint density at radius 3 is 2.54 bits per heavy atom. The Labute approximate surface area is 222 Å². The summed E-state index contributed by atoms with van der Waals surface area (Å²) in [6.07, 6.45) is 7.09. The Kier molecular flexibility index (Phi) is 8.63. The summed E-state index contributed by atoms with van der Waals surface area (Å²) in [5.74, 6) is -0.00943. The van der Waals surface area contributed by atoms with E-state index < -0.39 is 5.82 Å². The molecule has 0 atom stereocenters. The van der Waals surface area contributed by atoms with Gasteiger partial charge in [-0.3, -0.25) is 14.6 Å². The average Bonchev–Trinajstić information content (AvgIpc) is 3.72. The van der Waals surface area contributed by atoms with Crippen LogP contribution in [0.2, 0.25) is 5.02 Å². The number of halogens is 2. The standard InChI is InChI=1S/C27H34ClFN6O2/c1-4-5-10-30-26(22-9-8-20(28)15-23(22)29)24(32(2)3)18-35-25(36)16-21(17-31-35)33-11-13-34(14-12-33)27(37)19-6-7-19/h8-10,15-17,19H,4-7,11-14,18H2,1-3H3/b26-24-,30-10?. The zero-order valence-electron chi connectivity index (χ0n) is 21.7. The van der Waals surface area contributed by atoms with Gasteiger partial charge in [0.1, 0.15) is 5.82 Å². The molecule has 0 bridgehead atoms. The van der Waals surface area contributed by atoms with Crippen LogP contribution in [0.3, 0.4) is 0 Å². The van der Waals surface area contributed by atoms with E-state index in [0.29, 0.717) is 48.2 Å². The molecule has 1 saturated heterocycles. The number of likely N-dealkylation sites (N-methyl/N-ethyl adjacent to an activating group) is 1. The van der Waals surface area contributed by atoms with Gasteiger partial charge >= 0.3 is 0 Å². The van der Waals surface area contributed by atoms with Crippen LogP contribution < -0.4 is 10.5 Å². The van der Waals surface area contributed by atoms with E-state index in [2.05, 4.69) is 15.0 Å². The van der Waals surface area contributed by atoms with Crippen molar-refractivity contribution in [2.45, 2.75) is 39.2 Å². The number of piperazine rings is 1. The summed E-state index contributed by atoms with van der Waals surface area (Å²) in [5, 5.41) is 4.73. The number of aliphatic imine (C=N–C) groups is 1. The van der Waals surface area contributed by atoms with Gasteiger partial charge in [-0.2, -0.15) is 5.10 Å². The van der Waals surface area contributed by atoms with Crippen LogP contribution >= 0.6 is 11.6 Å². The van der Waals surface area contributed by atoms with Crippen molar-refractivity contribution in [2.75, 3.05) is 45.2 Å². The third-order valence-electron chi connectivity index (χ3n) is 6.68. The summed E-state index contributed by atoms with van der Waals surface area (Å²) >= 11 is 5.98. The summed E-state index contributed by atoms with van der Waals surface area (Å²) in [7, 11) is 3.67. The van der Waals surface area contributed by atoms with Crippen LogP contribution in [0.1, 0.15) is 38.2 Å². The van der Waals surface area contributed by atoms with E-state index in [-0.39, 0.29) is 23.9 Å². The minimum absolute atomic E-state index is 0.122. The van der Waals surface area contributed by atoms with E-state index in [1.165, 1.54) is 10.7 Å². The maximum absolute atomic E-state index is 14.9. The number of anilines is 1. The minimum Gasteiger partial charge on any atom is -0.378 e. The molecule has 0 radical (unpaired) electrons. The number of rotatable bonds is 9. The molecule has 8 nitrogen and oxygen atoms in total. The first-order valence-corrected chi connectivity index (χ1v) is 13.2. The predicted octanol–water partition coefficient (Wildman–Crippen LogP) is 3.90. The van der Waals surface area contributed by atoms with Gasteiger partial charge in [0.25, 0.3) is 5.56 Å². The molecule has 0 N–H and O–H groups in total. The van der Waals surface area contributed by atoms with Crippen LogP contribution in [0.15, 0.2) is 45.9 Å². The van der Waals surface area contributed by atoms with Crippen LogP contribution in [-0.2, 0) is 11.3 Å². The van der Waals surface area contributed by atoms with Crippen molar-refractivity contribution in [3.8, 4) is 0 Å². The second-order valence-corrected chi connectivity index (χ2v) is 10.1. The van der Waals surface area contributed by atoms with Crippen LogP contribution in [-0.4, -0.2) is 72.0 Å². The van der Waals surface area contributed by atoms with Crippen LogP contribution in [0.25, 0.3) is 5.70 Å². The van der Waals surface area contributed by atoms with E-state index >= 15 is 0 Å². The molecule has 2 heterocycles. The maximum Gasteiger partial charge on any atom is 0.269 e. The first-order valence-electron chi connectivity index (χ1n) is 12.8. The molecule has 1 aromatic carbocycles. The van der Waals surface area contributed by atoms with Gasteiger partial charge in [0.05, 0.1) is 29.8 Å². The monoisotopic (exact) mass is 528 g/mol. The predicted molar refractivity (Wildman–Crippen MR) is 145 cm³/mol. The number of aromatic nitrogens is 2. The highest BCUT2D eigenvalue weighted by Crippen LogP contribution is 2.31. The molecule has 2 fully saturated rings. The molecule has 0 spiro atoms. The van der Waals surface area contributed by atoms with Crippen molar-refractivity contribution in [3.63, 3.8) is 0 Å². The summed E-state index contributed by atoms with van der Waals surface area (Å²) in [6.45, 7) is 4.80. The Morgan fingerprint density at radius 2 is 1.95 bits per heavy atom. The van der Waals surface area contributed by atoms with Crippen molar-refractivity contribution in [2.24, 2.45) is 10.9 Å². The molecule has 2 aliphatic rings. The highest BCUT2D eigenvalue weighted by atomic mass is 35.5. The fourth-order valence-corrected chi connectivity index (χ4v) is 4.48. The molecule has 1 amide bonds. The van der Waals surface area contributed by atoms with E-state index in [1.807, 2.05) is 30.8 Å². The van der Waals surface area contributed by atoms with Gasteiger partial charge in [-0.25, -0.2) is 9.07 Å².